The summed E-state index contributed by atoms with van der Waals surface area (Å²) in [4.78, 5) is 24.4. The SMILES string of the molecule is O=C(O)C1CC(=O)N(c2ccc(-c3ccc(F)cc3)cc2)C1. The molecular formula is C17H14FNO3. The van der Waals surface area contributed by atoms with Crippen molar-refractivity contribution in [3.8, 4) is 11.1 Å². The Morgan fingerprint density at radius 3 is 2.09 bits per heavy atom. The third-order valence-corrected chi connectivity index (χ3v) is 3.83. The van der Waals surface area contributed by atoms with Crippen molar-refractivity contribution in [3.05, 3.63) is 54.3 Å². The second kappa shape index (κ2) is 5.60. The molecule has 22 heavy (non-hydrogen) atoms. The standard InChI is InChI=1S/C17H14FNO3/c18-14-5-1-11(2-6-14)12-3-7-15(8-4-12)19-10-13(17(21)22)9-16(19)20/h1-8,13H,9-10H2,(H,21,22). The van der Waals surface area contributed by atoms with Crippen molar-refractivity contribution in [3.63, 3.8) is 0 Å². The number of carboxylic acid groups (broad SMARTS) is 1. The van der Waals surface area contributed by atoms with Crippen LogP contribution in [0.5, 0.6) is 0 Å². The Bertz CT molecular complexity index is 710. The molecule has 4 nitrogen and oxygen atoms in total. The van der Waals surface area contributed by atoms with Crippen molar-refractivity contribution in [2.45, 2.75) is 6.42 Å². The molecule has 1 aliphatic rings. The molecule has 1 aliphatic heterocycles. The second-order valence-corrected chi connectivity index (χ2v) is 5.30. The highest BCUT2D eigenvalue weighted by atomic mass is 19.1. The van der Waals surface area contributed by atoms with Crippen LogP contribution in [0, 0.1) is 11.7 Å². The molecule has 3 rings (SSSR count). The summed E-state index contributed by atoms with van der Waals surface area (Å²) in [5.41, 5.74) is 2.47. The number of nitrogens with zero attached hydrogens (tertiary/aromatic N) is 1. The number of hydrogen-bond donors (Lipinski definition) is 1. The number of rotatable bonds is 3. The van der Waals surface area contributed by atoms with Crippen molar-refractivity contribution >= 4 is 17.6 Å². The van der Waals surface area contributed by atoms with Crippen LogP contribution in [0.2, 0.25) is 0 Å². The fourth-order valence-electron chi connectivity index (χ4n) is 2.60. The van der Waals surface area contributed by atoms with Crippen molar-refractivity contribution in [1.82, 2.24) is 0 Å². The first-order valence-corrected chi connectivity index (χ1v) is 6.94. The van der Waals surface area contributed by atoms with Gasteiger partial charge in [-0.2, -0.15) is 0 Å². The largest absolute Gasteiger partial charge is 0.481 e. The van der Waals surface area contributed by atoms with Crippen LogP contribution >= 0.6 is 0 Å². The number of aliphatic carboxylic acids is 1. The van der Waals surface area contributed by atoms with Crippen LogP contribution in [0.15, 0.2) is 48.5 Å². The number of carboxylic acids is 1. The fourth-order valence-corrected chi connectivity index (χ4v) is 2.60. The maximum atomic E-state index is 12.9. The molecule has 112 valence electrons. The maximum Gasteiger partial charge on any atom is 0.308 e. The summed E-state index contributed by atoms with van der Waals surface area (Å²) < 4.78 is 12.9. The van der Waals surface area contributed by atoms with E-state index in [2.05, 4.69) is 0 Å². The summed E-state index contributed by atoms with van der Waals surface area (Å²) in [6, 6.07) is 13.4. The summed E-state index contributed by atoms with van der Waals surface area (Å²) in [6.07, 6.45) is 0.0368. The highest BCUT2D eigenvalue weighted by molar-refractivity contribution is 5.99. The van der Waals surface area contributed by atoms with Gasteiger partial charge in [0.15, 0.2) is 0 Å². The van der Waals surface area contributed by atoms with Gasteiger partial charge in [-0.05, 0) is 35.4 Å². The van der Waals surface area contributed by atoms with Crippen LogP contribution in [0.1, 0.15) is 6.42 Å². The van der Waals surface area contributed by atoms with Gasteiger partial charge in [-0.3, -0.25) is 9.59 Å². The lowest BCUT2D eigenvalue weighted by molar-refractivity contribution is -0.141. The molecule has 5 heteroatoms. The molecule has 0 aliphatic carbocycles. The van der Waals surface area contributed by atoms with Gasteiger partial charge < -0.3 is 10.0 Å². The molecule has 2 aromatic rings. The Balaban J connectivity index is 1.81. The first-order valence-electron chi connectivity index (χ1n) is 6.94. The lowest BCUT2D eigenvalue weighted by Gasteiger charge is -2.16. The normalized spacial score (nSPS) is 17.8. The molecule has 0 bridgehead atoms. The van der Waals surface area contributed by atoms with Crippen LogP contribution in [0.4, 0.5) is 10.1 Å². The predicted octanol–water partition coefficient (Wildman–Crippen LogP) is 2.93. The van der Waals surface area contributed by atoms with Gasteiger partial charge in [0.2, 0.25) is 5.91 Å². The number of halogens is 1. The monoisotopic (exact) mass is 299 g/mol. The maximum absolute atomic E-state index is 12.9. The van der Waals surface area contributed by atoms with Crippen LogP contribution in [0.25, 0.3) is 11.1 Å². The third kappa shape index (κ3) is 2.70. The molecule has 0 spiro atoms. The number of carbonyl (C=O) groups is 2. The average Bonchev–Trinajstić information content (AvgIpc) is 2.91. The number of carbonyl (C=O) groups excluding carboxylic acids is 1. The Morgan fingerprint density at radius 2 is 1.59 bits per heavy atom. The molecule has 1 N–H and O–H groups in total. The molecule has 1 saturated heterocycles. The number of benzene rings is 2. The van der Waals surface area contributed by atoms with Gasteiger partial charge in [0.25, 0.3) is 0 Å². The van der Waals surface area contributed by atoms with Gasteiger partial charge in [-0.25, -0.2) is 4.39 Å². The molecule has 1 atom stereocenters. The van der Waals surface area contributed by atoms with Crippen molar-refractivity contribution in [1.29, 1.82) is 0 Å². The van der Waals surface area contributed by atoms with Crippen molar-refractivity contribution < 1.29 is 19.1 Å². The lowest BCUT2D eigenvalue weighted by Crippen LogP contribution is -2.25. The molecule has 0 aromatic heterocycles. The zero-order valence-corrected chi connectivity index (χ0v) is 11.7. The van der Waals surface area contributed by atoms with Gasteiger partial charge in [-0.15, -0.1) is 0 Å². The Morgan fingerprint density at radius 1 is 1.05 bits per heavy atom. The van der Waals surface area contributed by atoms with E-state index in [1.165, 1.54) is 17.0 Å². The zero-order valence-electron chi connectivity index (χ0n) is 11.7. The summed E-state index contributed by atoms with van der Waals surface area (Å²) in [5.74, 6) is -2.06. The van der Waals surface area contributed by atoms with E-state index >= 15 is 0 Å². The summed E-state index contributed by atoms with van der Waals surface area (Å²) in [6.45, 7) is 0.198. The van der Waals surface area contributed by atoms with Crippen molar-refractivity contribution in [2.24, 2.45) is 5.92 Å². The van der Waals surface area contributed by atoms with E-state index in [-0.39, 0.29) is 24.7 Å². The van der Waals surface area contributed by atoms with Gasteiger partial charge in [-0.1, -0.05) is 24.3 Å². The molecule has 1 unspecified atom stereocenters. The first-order chi connectivity index (χ1) is 10.5. The van der Waals surface area contributed by atoms with Gasteiger partial charge in [0.05, 0.1) is 5.92 Å². The minimum absolute atomic E-state index is 0.0368. The van der Waals surface area contributed by atoms with Crippen LogP contribution < -0.4 is 4.90 Å². The first kappa shape index (κ1) is 14.3. The highest BCUT2D eigenvalue weighted by Gasteiger charge is 2.34. The van der Waals surface area contributed by atoms with Crippen LogP contribution in [0.3, 0.4) is 0 Å². The van der Waals surface area contributed by atoms with E-state index in [4.69, 9.17) is 5.11 Å². The summed E-state index contributed by atoms with van der Waals surface area (Å²) in [7, 11) is 0. The van der Waals surface area contributed by atoms with E-state index in [0.29, 0.717) is 5.69 Å². The van der Waals surface area contributed by atoms with E-state index in [1.807, 2.05) is 12.1 Å². The molecule has 2 aromatic carbocycles. The number of amides is 1. The van der Waals surface area contributed by atoms with Gasteiger partial charge in [0.1, 0.15) is 5.82 Å². The third-order valence-electron chi connectivity index (χ3n) is 3.83. The minimum atomic E-state index is -0.946. The predicted molar refractivity (Wildman–Crippen MR) is 79.9 cm³/mol. The number of hydrogen-bond acceptors (Lipinski definition) is 2. The van der Waals surface area contributed by atoms with Crippen LogP contribution in [-0.2, 0) is 9.59 Å². The van der Waals surface area contributed by atoms with Crippen molar-refractivity contribution in [2.75, 3.05) is 11.4 Å². The van der Waals surface area contributed by atoms with E-state index in [9.17, 15) is 14.0 Å². The zero-order chi connectivity index (χ0) is 15.7. The quantitative estimate of drug-likeness (QED) is 0.948. The van der Waals surface area contributed by atoms with E-state index in [1.54, 1.807) is 24.3 Å². The lowest BCUT2D eigenvalue weighted by atomic mass is 10.1. The Labute approximate surface area is 126 Å². The van der Waals surface area contributed by atoms with E-state index < -0.39 is 11.9 Å². The Hall–Kier alpha value is -2.69. The second-order valence-electron chi connectivity index (χ2n) is 5.30. The molecule has 0 saturated carbocycles. The van der Waals surface area contributed by atoms with Crippen LogP contribution in [-0.4, -0.2) is 23.5 Å². The van der Waals surface area contributed by atoms with E-state index in [0.717, 1.165) is 11.1 Å². The topological polar surface area (TPSA) is 57.6 Å². The molecule has 0 radical (unpaired) electrons. The summed E-state index contributed by atoms with van der Waals surface area (Å²) >= 11 is 0. The molecule has 1 heterocycles. The highest BCUT2D eigenvalue weighted by Crippen LogP contribution is 2.28. The van der Waals surface area contributed by atoms with Gasteiger partial charge >= 0.3 is 5.97 Å². The Kier molecular flexibility index (Phi) is 3.63. The average molecular weight is 299 g/mol. The molecule has 1 amide bonds. The number of anilines is 1. The smallest absolute Gasteiger partial charge is 0.308 e. The molecule has 1 fully saturated rings. The molecular weight excluding hydrogens is 285 g/mol. The minimum Gasteiger partial charge on any atom is -0.481 e. The fraction of sp³-hybridized carbons (Fsp3) is 0.176. The van der Waals surface area contributed by atoms with Gasteiger partial charge in [0, 0.05) is 18.7 Å². The summed E-state index contributed by atoms with van der Waals surface area (Å²) in [5, 5.41) is 9.00.